The molecule has 0 atom stereocenters. The summed E-state index contributed by atoms with van der Waals surface area (Å²) in [6.07, 6.45) is 5.26. The fraction of sp³-hybridized carbons (Fsp3) is 0.400. The molecule has 0 N–H and O–H groups in total. The predicted octanol–water partition coefficient (Wildman–Crippen LogP) is 4.53. The Morgan fingerprint density at radius 1 is 0.933 bits per heavy atom. The summed E-state index contributed by atoms with van der Waals surface area (Å²) in [5.74, 6) is -0.188. The molecule has 3 aromatic rings. The minimum absolute atomic E-state index is 0.0496. The number of amides is 1. The normalized spacial score (nSPS) is 18.4. The summed E-state index contributed by atoms with van der Waals surface area (Å²) in [6, 6.07) is 17.4. The van der Waals surface area contributed by atoms with Crippen molar-refractivity contribution >= 4 is 16.8 Å². The summed E-state index contributed by atoms with van der Waals surface area (Å²) in [6.45, 7) is 3.77. The van der Waals surface area contributed by atoms with E-state index in [1.165, 1.54) is 31.7 Å². The molecule has 2 aliphatic rings. The Balaban J connectivity index is 1.41. The van der Waals surface area contributed by atoms with Gasteiger partial charge in [0.25, 0.3) is 5.91 Å². The number of piperazine rings is 1. The SMILES string of the molecule is O=C(c1cc2ccccc2n1Cc1ccccc1F)N1CCN(C2CCCC2)CC1. The first-order valence-electron chi connectivity index (χ1n) is 11.1. The van der Waals surface area contributed by atoms with Crippen LogP contribution in [0.3, 0.4) is 0 Å². The van der Waals surface area contributed by atoms with Gasteiger partial charge in [0, 0.05) is 48.7 Å². The molecule has 1 aliphatic heterocycles. The molecule has 0 unspecified atom stereocenters. The largest absolute Gasteiger partial charge is 0.335 e. The summed E-state index contributed by atoms with van der Waals surface area (Å²) in [5.41, 5.74) is 2.21. The number of fused-ring (bicyclic) bond motifs is 1. The minimum atomic E-state index is -0.237. The average Bonchev–Trinajstić information content (AvgIpc) is 3.44. The first-order chi connectivity index (χ1) is 14.7. The van der Waals surface area contributed by atoms with Gasteiger partial charge in [-0.15, -0.1) is 0 Å². The molecular weight excluding hydrogens is 377 g/mol. The van der Waals surface area contributed by atoms with Crippen molar-refractivity contribution in [3.8, 4) is 0 Å². The van der Waals surface area contributed by atoms with E-state index in [-0.39, 0.29) is 11.7 Å². The number of halogens is 1. The van der Waals surface area contributed by atoms with Gasteiger partial charge in [0.1, 0.15) is 11.5 Å². The molecule has 1 aliphatic carbocycles. The highest BCUT2D eigenvalue weighted by Gasteiger charge is 2.29. The maximum Gasteiger partial charge on any atom is 0.270 e. The second kappa shape index (κ2) is 8.23. The number of benzene rings is 2. The first-order valence-corrected chi connectivity index (χ1v) is 11.1. The number of rotatable bonds is 4. The van der Waals surface area contributed by atoms with E-state index in [1.807, 2.05) is 45.9 Å². The summed E-state index contributed by atoms with van der Waals surface area (Å²) < 4.78 is 16.3. The van der Waals surface area contributed by atoms with E-state index < -0.39 is 0 Å². The molecule has 4 nitrogen and oxygen atoms in total. The molecule has 5 heteroatoms. The van der Waals surface area contributed by atoms with Crippen LogP contribution in [0.15, 0.2) is 54.6 Å². The van der Waals surface area contributed by atoms with Crippen molar-refractivity contribution in [2.45, 2.75) is 38.3 Å². The standard InChI is InChI=1S/C25H28FN3O/c26-22-11-5-1-8-20(22)18-29-23-12-6-2-7-19(23)17-24(29)25(30)28-15-13-27(14-16-28)21-9-3-4-10-21/h1-2,5-8,11-12,17,21H,3-4,9-10,13-16,18H2. The Morgan fingerprint density at radius 2 is 1.63 bits per heavy atom. The van der Waals surface area contributed by atoms with Crippen LogP contribution in [0, 0.1) is 5.82 Å². The highest BCUT2D eigenvalue weighted by molar-refractivity contribution is 5.99. The lowest BCUT2D eigenvalue weighted by Crippen LogP contribution is -2.51. The monoisotopic (exact) mass is 405 g/mol. The van der Waals surface area contributed by atoms with Gasteiger partial charge >= 0.3 is 0 Å². The fourth-order valence-electron chi connectivity index (χ4n) is 5.08. The van der Waals surface area contributed by atoms with Crippen LogP contribution in [0.2, 0.25) is 0 Å². The molecule has 1 saturated heterocycles. The summed E-state index contributed by atoms with van der Waals surface area (Å²) in [4.78, 5) is 18.0. The first kappa shape index (κ1) is 19.3. The zero-order valence-electron chi connectivity index (χ0n) is 17.3. The highest BCUT2D eigenvalue weighted by atomic mass is 19.1. The van der Waals surface area contributed by atoms with Gasteiger partial charge in [0.05, 0.1) is 6.54 Å². The predicted molar refractivity (Wildman–Crippen MR) is 117 cm³/mol. The van der Waals surface area contributed by atoms with Crippen LogP contribution in [-0.4, -0.2) is 52.5 Å². The lowest BCUT2D eigenvalue weighted by Gasteiger charge is -2.38. The quantitative estimate of drug-likeness (QED) is 0.638. The van der Waals surface area contributed by atoms with Gasteiger partial charge in [0.2, 0.25) is 0 Å². The van der Waals surface area contributed by atoms with E-state index in [9.17, 15) is 9.18 Å². The lowest BCUT2D eigenvalue weighted by molar-refractivity contribution is 0.0564. The second-order valence-corrected chi connectivity index (χ2v) is 8.53. The molecule has 1 saturated carbocycles. The summed E-state index contributed by atoms with van der Waals surface area (Å²) in [7, 11) is 0. The molecule has 0 bridgehead atoms. The topological polar surface area (TPSA) is 28.5 Å². The molecule has 30 heavy (non-hydrogen) atoms. The van der Waals surface area contributed by atoms with E-state index in [2.05, 4.69) is 4.90 Å². The van der Waals surface area contributed by atoms with Crippen molar-refractivity contribution in [1.29, 1.82) is 0 Å². The Kier molecular flexibility index (Phi) is 5.30. The Morgan fingerprint density at radius 3 is 2.40 bits per heavy atom. The van der Waals surface area contributed by atoms with Gasteiger partial charge < -0.3 is 9.47 Å². The van der Waals surface area contributed by atoms with Crippen molar-refractivity contribution in [2.75, 3.05) is 26.2 Å². The third-order valence-corrected chi connectivity index (χ3v) is 6.76. The van der Waals surface area contributed by atoms with Crippen LogP contribution in [0.5, 0.6) is 0 Å². The maximum absolute atomic E-state index is 14.3. The molecule has 2 fully saturated rings. The number of aromatic nitrogens is 1. The Hall–Kier alpha value is -2.66. The third-order valence-electron chi connectivity index (χ3n) is 6.76. The van der Waals surface area contributed by atoms with Gasteiger partial charge in [-0.3, -0.25) is 9.69 Å². The van der Waals surface area contributed by atoms with Crippen molar-refractivity contribution in [2.24, 2.45) is 0 Å². The fourth-order valence-corrected chi connectivity index (χ4v) is 5.08. The molecule has 0 spiro atoms. The molecule has 0 radical (unpaired) electrons. The van der Waals surface area contributed by atoms with Gasteiger partial charge in [-0.1, -0.05) is 49.2 Å². The molecule has 1 amide bonds. The van der Waals surface area contributed by atoms with Crippen LogP contribution < -0.4 is 0 Å². The van der Waals surface area contributed by atoms with E-state index in [4.69, 9.17) is 0 Å². The van der Waals surface area contributed by atoms with Crippen LogP contribution >= 0.6 is 0 Å². The lowest BCUT2D eigenvalue weighted by atomic mass is 10.1. The van der Waals surface area contributed by atoms with Crippen molar-refractivity contribution < 1.29 is 9.18 Å². The van der Waals surface area contributed by atoms with Crippen molar-refractivity contribution in [1.82, 2.24) is 14.4 Å². The molecular formula is C25H28FN3O. The molecule has 2 heterocycles. The Bertz CT molecular complexity index is 1050. The van der Waals surface area contributed by atoms with E-state index in [0.717, 1.165) is 37.1 Å². The van der Waals surface area contributed by atoms with E-state index >= 15 is 0 Å². The van der Waals surface area contributed by atoms with Gasteiger partial charge in [-0.25, -0.2) is 4.39 Å². The van der Waals surface area contributed by atoms with Crippen molar-refractivity contribution in [3.63, 3.8) is 0 Å². The molecule has 5 rings (SSSR count). The van der Waals surface area contributed by atoms with Gasteiger partial charge in [0.15, 0.2) is 0 Å². The van der Waals surface area contributed by atoms with Crippen LogP contribution in [0.25, 0.3) is 10.9 Å². The van der Waals surface area contributed by atoms with Crippen LogP contribution in [-0.2, 0) is 6.54 Å². The highest BCUT2D eigenvalue weighted by Crippen LogP contribution is 2.26. The zero-order valence-corrected chi connectivity index (χ0v) is 17.3. The third kappa shape index (κ3) is 3.63. The van der Waals surface area contributed by atoms with Gasteiger partial charge in [-0.05, 0) is 31.0 Å². The number of para-hydroxylation sites is 1. The number of hydrogen-bond acceptors (Lipinski definition) is 2. The van der Waals surface area contributed by atoms with Crippen molar-refractivity contribution in [3.05, 3.63) is 71.7 Å². The minimum Gasteiger partial charge on any atom is -0.335 e. The van der Waals surface area contributed by atoms with Crippen LogP contribution in [0.4, 0.5) is 4.39 Å². The van der Waals surface area contributed by atoms with Gasteiger partial charge in [-0.2, -0.15) is 0 Å². The number of carbonyl (C=O) groups excluding carboxylic acids is 1. The smallest absolute Gasteiger partial charge is 0.270 e. The summed E-state index contributed by atoms with van der Waals surface area (Å²) >= 11 is 0. The number of hydrogen-bond donors (Lipinski definition) is 0. The number of nitrogens with zero attached hydrogens (tertiary/aromatic N) is 3. The van der Waals surface area contributed by atoms with Crippen LogP contribution in [0.1, 0.15) is 41.7 Å². The maximum atomic E-state index is 14.3. The average molecular weight is 406 g/mol. The number of carbonyl (C=O) groups is 1. The zero-order chi connectivity index (χ0) is 20.5. The molecule has 2 aromatic carbocycles. The van der Waals surface area contributed by atoms with E-state index in [0.29, 0.717) is 23.8 Å². The summed E-state index contributed by atoms with van der Waals surface area (Å²) in [5, 5.41) is 1.02. The molecule has 156 valence electrons. The second-order valence-electron chi connectivity index (χ2n) is 8.53. The Labute approximate surface area is 176 Å². The van der Waals surface area contributed by atoms with E-state index in [1.54, 1.807) is 12.1 Å². The molecule has 1 aromatic heterocycles.